The third kappa shape index (κ3) is 4.36. The van der Waals surface area contributed by atoms with Gasteiger partial charge < -0.3 is 19.7 Å². The lowest BCUT2D eigenvalue weighted by molar-refractivity contribution is -0.139. The van der Waals surface area contributed by atoms with Gasteiger partial charge in [-0.1, -0.05) is 19.9 Å². The molecule has 0 saturated carbocycles. The van der Waals surface area contributed by atoms with Gasteiger partial charge in [0.2, 0.25) is 0 Å². The number of hydrogen-bond donors (Lipinski definition) is 2. The quantitative estimate of drug-likeness (QED) is 0.873. The third-order valence-corrected chi connectivity index (χ3v) is 3.53. The summed E-state index contributed by atoms with van der Waals surface area (Å²) in [7, 11) is 0. The van der Waals surface area contributed by atoms with E-state index in [4.69, 9.17) is 14.6 Å². The van der Waals surface area contributed by atoms with Gasteiger partial charge in [0.05, 0.1) is 25.7 Å². The first-order valence-corrected chi connectivity index (χ1v) is 7.17. The number of carbonyl (C=O) groups is 1. The molecule has 5 nitrogen and oxygen atoms in total. The molecule has 0 radical (unpaired) electrons. The van der Waals surface area contributed by atoms with E-state index >= 15 is 0 Å². The van der Waals surface area contributed by atoms with E-state index in [1.807, 2.05) is 13.8 Å². The molecule has 1 atom stereocenters. The summed E-state index contributed by atoms with van der Waals surface area (Å²) in [4.78, 5) is 10.8. The minimum atomic E-state index is -0.856. The molecule has 1 heterocycles. The number of carboxylic acid groups (broad SMARTS) is 1. The summed E-state index contributed by atoms with van der Waals surface area (Å²) in [6.45, 7) is 4.90. The summed E-state index contributed by atoms with van der Waals surface area (Å²) < 4.78 is 11.2. The molecular weight excluding hydrogens is 272 g/mol. The molecule has 0 saturated heterocycles. The van der Waals surface area contributed by atoms with Crippen LogP contribution in [-0.4, -0.2) is 29.4 Å². The number of fused-ring (bicyclic) bond motifs is 1. The Balaban J connectivity index is 2.10. The number of aliphatic hydroxyl groups excluding tert-OH is 1. The van der Waals surface area contributed by atoms with E-state index in [-0.39, 0.29) is 6.42 Å². The average molecular weight is 294 g/mol. The highest BCUT2D eigenvalue weighted by Crippen LogP contribution is 2.37. The molecule has 2 rings (SSSR count). The van der Waals surface area contributed by atoms with Gasteiger partial charge in [-0.2, -0.15) is 0 Å². The number of aliphatic carboxylic acids is 1. The van der Waals surface area contributed by atoms with Gasteiger partial charge in [-0.05, 0) is 29.5 Å². The van der Waals surface area contributed by atoms with E-state index < -0.39 is 17.5 Å². The van der Waals surface area contributed by atoms with E-state index in [1.165, 1.54) is 0 Å². The second-order valence-electron chi connectivity index (χ2n) is 6.21. The van der Waals surface area contributed by atoms with E-state index in [0.29, 0.717) is 31.1 Å². The van der Waals surface area contributed by atoms with Crippen molar-refractivity contribution in [3.63, 3.8) is 0 Å². The monoisotopic (exact) mass is 294 g/mol. The second kappa shape index (κ2) is 6.35. The zero-order valence-electron chi connectivity index (χ0n) is 12.5. The van der Waals surface area contributed by atoms with Crippen LogP contribution in [0.2, 0.25) is 0 Å². The molecule has 0 aromatic heterocycles. The molecule has 116 valence electrons. The topological polar surface area (TPSA) is 76.0 Å². The predicted octanol–water partition coefficient (Wildman–Crippen LogP) is 2.77. The first kappa shape index (κ1) is 15.6. The zero-order chi connectivity index (χ0) is 15.5. The fraction of sp³-hybridized carbons (Fsp3) is 0.562. The van der Waals surface area contributed by atoms with Crippen LogP contribution < -0.4 is 9.47 Å². The molecule has 0 spiro atoms. The Morgan fingerprint density at radius 3 is 2.62 bits per heavy atom. The van der Waals surface area contributed by atoms with E-state index in [1.54, 1.807) is 18.2 Å². The molecule has 1 aromatic carbocycles. The van der Waals surface area contributed by atoms with Crippen molar-refractivity contribution in [3.05, 3.63) is 23.8 Å². The third-order valence-electron chi connectivity index (χ3n) is 3.53. The highest BCUT2D eigenvalue weighted by atomic mass is 16.5. The van der Waals surface area contributed by atoms with E-state index in [9.17, 15) is 9.90 Å². The molecule has 21 heavy (non-hydrogen) atoms. The summed E-state index contributed by atoms with van der Waals surface area (Å²) in [6, 6.07) is 5.38. The van der Waals surface area contributed by atoms with Crippen LogP contribution in [0.5, 0.6) is 11.5 Å². The molecule has 1 aliphatic rings. The van der Waals surface area contributed by atoms with Crippen molar-refractivity contribution in [2.24, 2.45) is 5.41 Å². The summed E-state index contributed by atoms with van der Waals surface area (Å²) >= 11 is 0. The van der Waals surface area contributed by atoms with Crippen LogP contribution in [0.25, 0.3) is 0 Å². The number of ether oxygens (including phenoxy) is 2. The smallest absolute Gasteiger partial charge is 0.303 e. The molecule has 0 aliphatic carbocycles. The Bertz CT molecular complexity index is 509. The van der Waals surface area contributed by atoms with Crippen LogP contribution >= 0.6 is 0 Å². The van der Waals surface area contributed by atoms with Gasteiger partial charge >= 0.3 is 5.97 Å². The fourth-order valence-electron chi connectivity index (χ4n) is 2.51. The number of rotatable bonds is 5. The van der Waals surface area contributed by atoms with E-state index in [2.05, 4.69) is 0 Å². The summed E-state index contributed by atoms with van der Waals surface area (Å²) in [6.07, 6.45) is 0.502. The Labute approximate surface area is 124 Å². The van der Waals surface area contributed by atoms with Crippen LogP contribution in [0.15, 0.2) is 18.2 Å². The van der Waals surface area contributed by atoms with Crippen LogP contribution in [0.3, 0.4) is 0 Å². The normalized spacial score (nSPS) is 16.1. The van der Waals surface area contributed by atoms with Gasteiger partial charge in [0, 0.05) is 6.42 Å². The summed E-state index contributed by atoms with van der Waals surface area (Å²) in [5, 5.41) is 19.3. The van der Waals surface area contributed by atoms with Crippen molar-refractivity contribution < 1.29 is 24.5 Å². The summed E-state index contributed by atoms with van der Waals surface area (Å²) in [5.41, 5.74) is 0.243. The van der Waals surface area contributed by atoms with Crippen molar-refractivity contribution >= 4 is 5.97 Å². The first-order valence-electron chi connectivity index (χ1n) is 7.17. The molecule has 0 bridgehead atoms. The maximum Gasteiger partial charge on any atom is 0.303 e. The van der Waals surface area contributed by atoms with Gasteiger partial charge in [0.1, 0.15) is 0 Å². The van der Waals surface area contributed by atoms with Crippen LogP contribution in [0, 0.1) is 5.41 Å². The van der Waals surface area contributed by atoms with E-state index in [0.717, 1.165) is 12.0 Å². The average Bonchev–Trinajstić information content (AvgIpc) is 2.60. The maximum absolute atomic E-state index is 10.8. The standard InChI is InChI=1S/C16H22O5/c1-16(2,10-15(18)19)9-12(17)11-4-5-13-14(8-11)21-7-3-6-20-13/h4-5,8,12,17H,3,6-7,9-10H2,1-2H3,(H,18,19). The lowest BCUT2D eigenvalue weighted by Crippen LogP contribution is -2.20. The highest BCUT2D eigenvalue weighted by molar-refractivity contribution is 5.67. The van der Waals surface area contributed by atoms with Crippen LogP contribution in [0.4, 0.5) is 0 Å². The van der Waals surface area contributed by atoms with Gasteiger partial charge in [0.25, 0.3) is 0 Å². The van der Waals surface area contributed by atoms with Gasteiger partial charge in [-0.3, -0.25) is 4.79 Å². The molecule has 2 N–H and O–H groups in total. The van der Waals surface area contributed by atoms with Crippen LogP contribution in [0.1, 0.15) is 44.8 Å². The first-order chi connectivity index (χ1) is 9.87. The van der Waals surface area contributed by atoms with Gasteiger partial charge in [-0.15, -0.1) is 0 Å². The molecule has 1 unspecified atom stereocenters. The Hall–Kier alpha value is -1.75. The fourth-order valence-corrected chi connectivity index (χ4v) is 2.51. The van der Waals surface area contributed by atoms with Gasteiger partial charge in [0.15, 0.2) is 11.5 Å². The SMILES string of the molecule is CC(C)(CC(=O)O)CC(O)c1ccc2c(c1)OCCCO2. The zero-order valence-corrected chi connectivity index (χ0v) is 12.5. The number of benzene rings is 1. The van der Waals surface area contributed by atoms with Crippen molar-refractivity contribution in [1.29, 1.82) is 0 Å². The van der Waals surface area contributed by atoms with Crippen LogP contribution in [-0.2, 0) is 4.79 Å². The van der Waals surface area contributed by atoms with Crippen molar-refractivity contribution in [2.45, 2.75) is 39.2 Å². The molecule has 5 heteroatoms. The minimum Gasteiger partial charge on any atom is -0.490 e. The number of aliphatic hydroxyl groups is 1. The largest absolute Gasteiger partial charge is 0.490 e. The van der Waals surface area contributed by atoms with Crippen molar-refractivity contribution in [3.8, 4) is 11.5 Å². The summed E-state index contributed by atoms with van der Waals surface area (Å²) in [5.74, 6) is 0.471. The Morgan fingerprint density at radius 1 is 1.29 bits per heavy atom. The maximum atomic E-state index is 10.8. The molecule has 1 aromatic rings. The van der Waals surface area contributed by atoms with Crippen molar-refractivity contribution in [2.75, 3.05) is 13.2 Å². The minimum absolute atomic E-state index is 0.0224. The lowest BCUT2D eigenvalue weighted by atomic mass is 9.82. The Morgan fingerprint density at radius 2 is 1.95 bits per heavy atom. The molecular formula is C16H22O5. The van der Waals surface area contributed by atoms with Gasteiger partial charge in [-0.25, -0.2) is 0 Å². The molecule has 1 aliphatic heterocycles. The predicted molar refractivity (Wildman–Crippen MR) is 77.7 cm³/mol. The lowest BCUT2D eigenvalue weighted by Gasteiger charge is -2.26. The Kier molecular flexibility index (Phi) is 4.73. The second-order valence-corrected chi connectivity index (χ2v) is 6.21. The van der Waals surface area contributed by atoms with Crippen molar-refractivity contribution in [1.82, 2.24) is 0 Å². The molecule has 0 amide bonds. The number of hydrogen-bond acceptors (Lipinski definition) is 4. The number of carboxylic acids is 1. The highest BCUT2D eigenvalue weighted by Gasteiger charge is 2.26. The molecule has 0 fully saturated rings.